The molecule has 0 fully saturated rings. The summed E-state index contributed by atoms with van der Waals surface area (Å²) in [5.41, 5.74) is -0.188. The third-order valence-corrected chi connectivity index (χ3v) is 8.26. The molecule has 1 aromatic rings. The van der Waals surface area contributed by atoms with Crippen molar-refractivity contribution >= 4 is 45.7 Å². The van der Waals surface area contributed by atoms with Crippen molar-refractivity contribution in [3.8, 4) is 0 Å². The predicted octanol–water partition coefficient (Wildman–Crippen LogP) is 2.81. The second-order valence-corrected chi connectivity index (χ2v) is 12.0. The number of carbonyl (C=O) groups excluding carboxylic acids is 4. The second kappa shape index (κ2) is 16.5. The Labute approximate surface area is 234 Å². The van der Waals surface area contributed by atoms with Gasteiger partial charge in [-0.15, -0.1) is 11.8 Å². The van der Waals surface area contributed by atoms with Crippen LogP contribution in [-0.4, -0.2) is 71.2 Å². The summed E-state index contributed by atoms with van der Waals surface area (Å²) in [6.45, 7) is 5.17. The van der Waals surface area contributed by atoms with E-state index in [4.69, 9.17) is 19.3 Å². The van der Waals surface area contributed by atoms with E-state index in [1.54, 1.807) is 19.1 Å². The van der Waals surface area contributed by atoms with Crippen LogP contribution in [0.2, 0.25) is 0 Å². The topological polar surface area (TPSA) is 165 Å². The summed E-state index contributed by atoms with van der Waals surface area (Å²) in [5.74, 6) is -2.12. The molecule has 0 aliphatic rings. The molecule has 0 bridgehead atoms. The Hall–Kier alpha value is -2.64. The van der Waals surface area contributed by atoms with Crippen molar-refractivity contribution in [2.75, 3.05) is 38.9 Å². The van der Waals surface area contributed by atoms with E-state index in [1.165, 1.54) is 38.1 Å². The maximum Gasteiger partial charge on any atom is 0.316 e. The lowest BCUT2D eigenvalue weighted by atomic mass is 9.75. The molecule has 0 radical (unpaired) electrons. The highest BCUT2D eigenvalue weighted by Crippen LogP contribution is 2.36. The number of carbonyl (C=O) groups is 4. The Kier molecular flexibility index (Phi) is 14.5. The number of thioether (sulfide) groups is 1. The van der Waals surface area contributed by atoms with Gasteiger partial charge < -0.3 is 18.9 Å². The van der Waals surface area contributed by atoms with Crippen LogP contribution in [0.3, 0.4) is 0 Å². The third-order valence-electron chi connectivity index (χ3n) is 6.40. The Bertz CT molecular complexity index is 1070. The van der Waals surface area contributed by atoms with Crippen LogP contribution in [0.4, 0.5) is 0 Å². The maximum absolute atomic E-state index is 12.9. The minimum atomic E-state index is -3.82. The number of nitrogens with two attached hydrogens (primary N) is 1. The van der Waals surface area contributed by atoms with E-state index in [2.05, 4.69) is 4.74 Å². The molecule has 0 aliphatic heterocycles. The van der Waals surface area contributed by atoms with Crippen molar-refractivity contribution in [3.05, 3.63) is 29.8 Å². The minimum absolute atomic E-state index is 0.00716. The van der Waals surface area contributed by atoms with E-state index < -0.39 is 39.3 Å². The maximum atomic E-state index is 12.9. The number of methoxy groups -OCH3 is 2. The van der Waals surface area contributed by atoms with Crippen molar-refractivity contribution in [1.29, 1.82) is 0 Å². The molecule has 3 unspecified atom stereocenters. The lowest BCUT2D eigenvalue weighted by Gasteiger charge is -2.30. The highest BCUT2D eigenvalue weighted by Gasteiger charge is 2.39. The molecule has 13 heteroatoms. The average molecular weight is 590 g/mol. The van der Waals surface area contributed by atoms with Gasteiger partial charge in [-0.05, 0) is 49.8 Å². The number of ether oxygens (including phenoxy) is 4. The molecule has 0 saturated heterocycles. The fourth-order valence-corrected chi connectivity index (χ4v) is 5.03. The zero-order valence-corrected chi connectivity index (χ0v) is 24.7. The zero-order valence-electron chi connectivity index (χ0n) is 23.1. The third kappa shape index (κ3) is 12.0. The van der Waals surface area contributed by atoms with Crippen molar-refractivity contribution in [1.82, 2.24) is 0 Å². The van der Waals surface area contributed by atoms with Crippen LogP contribution in [0, 0.1) is 11.3 Å². The molecule has 11 nitrogen and oxygen atoms in total. The number of rotatable bonds is 17. The van der Waals surface area contributed by atoms with Gasteiger partial charge in [0.05, 0.1) is 42.6 Å². The van der Waals surface area contributed by atoms with Gasteiger partial charge in [-0.25, -0.2) is 13.6 Å². The summed E-state index contributed by atoms with van der Waals surface area (Å²) in [4.78, 5) is 48.4. The van der Waals surface area contributed by atoms with Gasteiger partial charge in [-0.2, -0.15) is 0 Å². The Morgan fingerprint density at radius 3 is 2.15 bits per heavy atom. The monoisotopic (exact) mass is 589 g/mol. The molecule has 1 rings (SSSR count). The van der Waals surface area contributed by atoms with Crippen molar-refractivity contribution < 1.29 is 46.5 Å². The van der Waals surface area contributed by atoms with Crippen molar-refractivity contribution in [3.63, 3.8) is 0 Å². The smallest absolute Gasteiger partial charge is 0.316 e. The first-order valence-electron chi connectivity index (χ1n) is 12.4. The van der Waals surface area contributed by atoms with Gasteiger partial charge in [0, 0.05) is 5.75 Å². The molecule has 0 amide bonds. The summed E-state index contributed by atoms with van der Waals surface area (Å²) in [5, 5.41) is 5.16. The molecule has 0 aromatic heterocycles. The molecule has 39 heavy (non-hydrogen) atoms. The van der Waals surface area contributed by atoms with Crippen LogP contribution in [0.15, 0.2) is 29.2 Å². The highest BCUT2D eigenvalue weighted by molar-refractivity contribution is 7.99. The number of hydrogen-bond acceptors (Lipinski definition) is 11. The first-order valence-corrected chi connectivity index (χ1v) is 15.2. The fourth-order valence-electron chi connectivity index (χ4n) is 3.81. The lowest BCUT2D eigenvalue weighted by Crippen LogP contribution is -2.35. The van der Waals surface area contributed by atoms with E-state index in [-0.39, 0.29) is 48.6 Å². The number of esters is 4. The normalized spacial score (nSPS) is 14.4. The first kappa shape index (κ1) is 34.4. The Morgan fingerprint density at radius 2 is 1.62 bits per heavy atom. The van der Waals surface area contributed by atoms with Crippen LogP contribution in [0.25, 0.3) is 0 Å². The van der Waals surface area contributed by atoms with Crippen LogP contribution in [-0.2, 0) is 48.1 Å². The summed E-state index contributed by atoms with van der Waals surface area (Å²) in [6, 6.07) is 6.11. The van der Waals surface area contributed by atoms with E-state index in [0.717, 1.165) is 5.56 Å². The quantitative estimate of drug-likeness (QED) is 0.161. The van der Waals surface area contributed by atoms with Gasteiger partial charge in [0.15, 0.2) is 0 Å². The average Bonchev–Trinajstić information content (AvgIpc) is 2.91. The molecular weight excluding hydrogens is 550 g/mol. The SMILES string of the molecule is CCC(C)(CC(CC(C)c1ccc(S(N)(=O)=O)cc1)C(=O)OC)C(=O)OCCOC(=O)CSCCC(=O)OC. The van der Waals surface area contributed by atoms with Gasteiger partial charge in [0.2, 0.25) is 10.0 Å². The Morgan fingerprint density at radius 1 is 1.00 bits per heavy atom. The molecule has 0 saturated carbocycles. The first-order chi connectivity index (χ1) is 18.3. The van der Waals surface area contributed by atoms with Gasteiger partial charge in [0.1, 0.15) is 13.2 Å². The molecule has 0 aliphatic carbocycles. The van der Waals surface area contributed by atoms with E-state index in [9.17, 15) is 27.6 Å². The van der Waals surface area contributed by atoms with Crippen LogP contribution < -0.4 is 5.14 Å². The summed E-state index contributed by atoms with van der Waals surface area (Å²) >= 11 is 1.23. The standard InChI is InChI=1S/C26H39NO10S2/c1-6-26(3,25(31)37-13-12-36-23(29)17-38-14-11-22(28)34-4)16-20(24(30)35-5)15-18(2)19-7-9-21(10-8-19)39(27,32)33/h7-10,18,20H,6,11-17H2,1-5H3,(H2,27,32,33). The molecule has 220 valence electrons. The minimum Gasteiger partial charge on any atom is -0.469 e. The molecule has 0 spiro atoms. The number of primary sulfonamides is 1. The van der Waals surface area contributed by atoms with E-state index in [1.807, 2.05) is 13.8 Å². The van der Waals surface area contributed by atoms with Gasteiger partial charge in [0.25, 0.3) is 0 Å². The molecule has 1 aromatic carbocycles. The Balaban J connectivity index is 2.68. The van der Waals surface area contributed by atoms with E-state index >= 15 is 0 Å². The molecule has 3 atom stereocenters. The van der Waals surface area contributed by atoms with Gasteiger partial charge >= 0.3 is 23.9 Å². The summed E-state index contributed by atoms with van der Waals surface area (Å²) in [7, 11) is -1.24. The van der Waals surface area contributed by atoms with Crippen LogP contribution >= 0.6 is 11.8 Å². The fraction of sp³-hybridized carbons (Fsp3) is 0.615. The zero-order chi connectivity index (χ0) is 29.6. The van der Waals surface area contributed by atoms with Crippen LogP contribution in [0.5, 0.6) is 0 Å². The summed E-state index contributed by atoms with van der Waals surface area (Å²) < 4.78 is 43.0. The molecular formula is C26H39NO10S2. The number of benzene rings is 1. The largest absolute Gasteiger partial charge is 0.469 e. The van der Waals surface area contributed by atoms with Gasteiger partial charge in [-0.1, -0.05) is 26.0 Å². The van der Waals surface area contributed by atoms with Crippen LogP contribution in [0.1, 0.15) is 57.9 Å². The number of hydrogen-bond donors (Lipinski definition) is 1. The van der Waals surface area contributed by atoms with Crippen molar-refractivity contribution in [2.24, 2.45) is 16.5 Å². The molecule has 2 N–H and O–H groups in total. The predicted molar refractivity (Wildman–Crippen MR) is 145 cm³/mol. The second-order valence-electron chi connectivity index (χ2n) is 9.32. The highest BCUT2D eigenvalue weighted by atomic mass is 32.2. The number of sulfonamides is 1. The summed E-state index contributed by atoms with van der Waals surface area (Å²) in [6.07, 6.45) is 1.12. The van der Waals surface area contributed by atoms with E-state index in [0.29, 0.717) is 18.6 Å². The lowest BCUT2D eigenvalue weighted by molar-refractivity contribution is -0.162. The van der Waals surface area contributed by atoms with Crippen molar-refractivity contribution in [2.45, 2.75) is 57.3 Å². The van der Waals surface area contributed by atoms with Gasteiger partial charge in [-0.3, -0.25) is 19.2 Å². The molecule has 0 heterocycles.